The van der Waals surface area contributed by atoms with Crippen molar-refractivity contribution in [1.82, 2.24) is 4.98 Å². The Labute approximate surface area is 106 Å². The SMILES string of the molecule is Cc1ccnc(NC(C)c2cccc(F)c2)c1N. The van der Waals surface area contributed by atoms with Gasteiger partial charge in [-0.3, -0.25) is 0 Å². The third-order valence-corrected chi connectivity index (χ3v) is 2.91. The fraction of sp³-hybridized carbons (Fsp3) is 0.214. The van der Waals surface area contributed by atoms with Crippen LogP contribution >= 0.6 is 0 Å². The maximum Gasteiger partial charge on any atom is 0.149 e. The zero-order chi connectivity index (χ0) is 13.1. The maximum absolute atomic E-state index is 13.1. The molecule has 3 N–H and O–H groups in total. The molecular formula is C14H16FN3. The first-order chi connectivity index (χ1) is 8.58. The van der Waals surface area contributed by atoms with Gasteiger partial charge in [-0.2, -0.15) is 0 Å². The number of halogens is 1. The fourth-order valence-electron chi connectivity index (χ4n) is 1.75. The van der Waals surface area contributed by atoms with E-state index < -0.39 is 0 Å². The number of pyridine rings is 1. The van der Waals surface area contributed by atoms with Crippen molar-refractivity contribution >= 4 is 11.5 Å². The number of nitrogens with zero attached hydrogens (tertiary/aromatic N) is 1. The van der Waals surface area contributed by atoms with E-state index >= 15 is 0 Å². The minimum absolute atomic E-state index is 0.0581. The largest absolute Gasteiger partial charge is 0.396 e. The van der Waals surface area contributed by atoms with Gasteiger partial charge in [0.25, 0.3) is 0 Å². The van der Waals surface area contributed by atoms with Gasteiger partial charge in [0.05, 0.1) is 11.7 Å². The quantitative estimate of drug-likeness (QED) is 0.872. The van der Waals surface area contributed by atoms with Crippen LogP contribution in [0.2, 0.25) is 0 Å². The number of aryl methyl sites for hydroxylation is 1. The lowest BCUT2D eigenvalue weighted by Gasteiger charge is -2.17. The molecule has 1 atom stereocenters. The molecule has 0 spiro atoms. The van der Waals surface area contributed by atoms with Crippen LogP contribution in [0.15, 0.2) is 36.5 Å². The smallest absolute Gasteiger partial charge is 0.149 e. The molecule has 4 heteroatoms. The van der Waals surface area contributed by atoms with Crippen LogP contribution < -0.4 is 11.1 Å². The van der Waals surface area contributed by atoms with Crippen LogP contribution in [-0.2, 0) is 0 Å². The third-order valence-electron chi connectivity index (χ3n) is 2.91. The topological polar surface area (TPSA) is 50.9 Å². The van der Waals surface area contributed by atoms with E-state index in [9.17, 15) is 4.39 Å². The van der Waals surface area contributed by atoms with E-state index in [1.807, 2.05) is 26.0 Å². The van der Waals surface area contributed by atoms with Crippen molar-refractivity contribution in [2.24, 2.45) is 0 Å². The average molecular weight is 245 g/mol. The number of nitrogens with one attached hydrogen (secondary N) is 1. The van der Waals surface area contributed by atoms with Gasteiger partial charge in [-0.1, -0.05) is 12.1 Å². The predicted octanol–water partition coefficient (Wildman–Crippen LogP) is 3.28. The number of hydrogen-bond acceptors (Lipinski definition) is 3. The molecule has 18 heavy (non-hydrogen) atoms. The molecule has 1 aromatic heterocycles. The van der Waals surface area contributed by atoms with Gasteiger partial charge in [0.15, 0.2) is 0 Å². The molecule has 1 aromatic carbocycles. The molecule has 0 aliphatic carbocycles. The van der Waals surface area contributed by atoms with Crippen molar-refractivity contribution in [2.75, 3.05) is 11.1 Å². The molecular weight excluding hydrogens is 229 g/mol. The minimum atomic E-state index is -0.244. The first-order valence-corrected chi connectivity index (χ1v) is 5.81. The summed E-state index contributed by atoms with van der Waals surface area (Å²) in [6, 6.07) is 8.28. The molecule has 0 amide bonds. The summed E-state index contributed by atoms with van der Waals surface area (Å²) >= 11 is 0. The second-order valence-electron chi connectivity index (χ2n) is 4.31. The Hall–Kier alpha value is -2.10. The zero-order valence-electron chi connectivity index (χ0n) is 10.4. The molecule has 0 aliphatic heterocycles. The van der Waals surface area contributed by atoms with E-state index in [0.29, 0.717) is 11.5 Å². The normalized spacial score (nSPS) is 12.2. The molecule has 94 valence electrons. The van der Waals surface area contributed by atoms with E-state index in [1.165, 1.54) is 12.1 Å². The monoisotopic (exact) mass is 245 g/mol. The fourth-order valence-corrected chi connectivity index (χ4v) is 1.75. The highest BCUT2D eigenvalue weighted by atomic mass is 19.1. The Morgan fingerprint density at radius 1 is 1.33 bits per heavy atom. The van der Waals surface area contributed by atoms with Crippen LogP contribution in [0.5, 0.6) is 0 Å². The highest BCUT2D eigenvalue weighted by molar-refractivity contribution is 5.65. The van der Waals surface area contributed by atoms with Gasteiger partial charge in [-0.25, -0.2) is 9.37 Å². The Kier molecular flexibility index (Phi) is 3.46. The molecule has 0 aliphatic rings. The summed E-state index contributed by atoms with van der Waals surface area (Å²) in [5.74, 6) is 0.387. The lowest BCUT2D eigenvalue weighted by atomic mass is 10.1. The second kappa shape index (κ2) is 5.04. The van der Waals surface area contributed by atoms with Crippen molar-refractivity contribution in [3.05, 3.63) is 53.5 Å². The van der Waals surface area contributed by atoms with Crippen molar-refractivity contribution < 1.29 is 4.39 Å². The summed E-state index contributed by atoms with van der Waals surface area (Å²) in [4.78, 5) is 4.20. The van der Waals surface area contributed by atoms with Crippen LogP contribution in [0.4, 0.5) is 15.9 Å². The average Bonchev–Trinajstić information content (AvgIpc) is 2.35. The summed E-state index contributed by atoms with van der Waals surface area (Å²) in [5, 5.41) is 3.19. The third kappa shape index (κ3) is 2.59. The van der Waals surface area contributed by atoms with Gasteiger partial charge in [0.1, 0.15) is 11.6 Å². The molecule has 2 aromatic rings. The Morgan fingerprint density at radius 2 is 2.11 bits per heavy atom. The number of nitrogens with two attached hydrogens (primary N) is 1. The zero-order valence-corrected chi connectivity index (χ0v) is 10.4. The summed E-state index contributed by atoms with van der Waals surface area (Å²) in [7, 11) is 0. The number of anilines is 2. The lowest BCUT2D eigenvalue weighted by Crippen LogP contribution is -2.10. The van der Waals surface area contributed by atoms with Crippen LogP contribution in [0.1, 0.15) is 24.1 Å². The molecule has 0 saturated carbocycles. The van der Waals surface area contributed by atoms with Crippen LogP contribution in [0.3, 0.4) is 0 Å². The molecule has 2 rings (SSSR count). The highest BCUT2D eigenvalue weighted by Crippen LogP contribution is 2.24. The van der Waals surface area contributed by atoms with Crippen LogP contribution in [-0.4, -0.2) is 4.98 Å². The summed E-state index contributed by atoms with van der Waals surface area (Å²) in [5.41, 5.74) is 8.40. The molecule has 3 nitrogen and oxygen atoms in total. The van der Waals surface area contributed by atoms with E-state index in [2.05, 4.69) is 10.3 Å². The Balaban J connectivity index is 2.21. The minimum Gasteiger partial charge on any atom is -0.396 e. The van der Waals surface area contributed by atoms with Crippen molar-refractivity contribution in [1.29, 1.82) is 0 Å². The van der Waals surface area contributed by atoms with E-state index in [4.69, 9.17) is 5.73 Å². The van der Waals surface area contributed by atoms with Crippen molar-refractivity contribution in [3.63, 3.8) is 0 Å². The molecule has 0 radical (unpaired) electrons. The van der Waals surface area contributed by atoms with E-state index in [1.54, 1.807) is 12.3 Å². The Morgan fingerprint density at radius 3 is 2.83 bits per heavy atom. The molecule has 0 fully saturated rings. The van der Waals surface area contributed by atoms with Gasteiger partial charge in [-0.05, 0) is 43.2 Å². The standard InChI is InChI=1S/C14H16FN3/c1-9-6-7-17-14(13(9)16)18-10(2)11-4-3-5-12(15)8-11/h3-8,10H,16H2,1-2H3,(H,17,18). The highest BCUT2D eigenvalue weighted by Gasteiger charge is 2.09. The van der Waals surface area contributed by atoms with Gasteiger partial charge in [0, 0.05) is 6.20 Å². The van der Waals surface area contributed by atoms with Gasteiger partial charge in [-0.15, -0.1) is 0 Å². The number of nitrogen functional groups attached to an aromatic ring is 1. The lowest BCUT2D eigenvalue weighted by molar-refractivity contribution is 0.623. The second-order valence-corrected chi connectivity index (χ2v) is 4.31. The Bertz CT molecular complexity index is 554. The molecule has 1 unspecified atom stereocenters. The maximum atomic E-state index is 13.1. The number of hydrogen-bond donors (Lipinski definition) is 2. The van der Waals surface area contributed by atoms with E-state index in [0.717, 1.165) is 11.1 Å². The van der Waals surface area contributed by atoms with Crippen LogP contribution in [0.25, 0.3) is 0 Å². The first kappa shape index (κ1) is 12.4. The van der Waals surface area contributed by atoms with Crippen molar-refractivity contribution in [2.45, 2.75) is 19.9 Å². The van der Waals surface area contributed by atoms with Crippen molar-refractivity contribution in [3.8, 4) is 0 Å². The number of benzene rings is 1. The first-order valence-electron chi connectivity index (χ1n) is 5.81. The number of rotatable bonds is 3. The van der Waals surface area contributed by atoms with Gasteiger partial charge < -0.3 is 11.1 Å². The number of aromatic nitrogens is 1. The summed E-state index contributed by atoms with van der Waals surface area (Å²) < 4.78 is 13.1. The predicted molar refractivity (Wildman–Crippen MR) is 71.8 cm³/mol. The van der Waals surface area contributed by atoms with Crippen LogP contribution in [0, 0.1) is 12.7 Å². The molecule has 0 saturated heterocycles. The summed E-state index contributed by atoms with van der Waals surface area (Å²) in [6.45, 7) is 3.87. The van der Waals surface area contributed by atoms with Gasteiger partial charge in [0.2, 0.25) is 0 Å². The molecule has 0 bridgehead atoms. The van der Waals surface area contributed by atoms with E-state index in [-0.39, 0.29) is 11.9 Å². The molecule has 1 heterocycles. The summed E-state index contributed by atoms with van der Waals surface area (Å²) in [6.07, 6.45) is 1.70. The van der Waals surface area contributed by atoms with Gasteiger partial charge >= 0.3 is 0 Å².